The molecular formula is C12H20N2O2. The summed E-state index contributed by atoms with van der Waals surface area (Å²) in [6.07, 6.45) is 2.63. The van der Waals surface area contributed by atoms with Crippen LogP contribution >= 0.6 is 0 Å². The summed E-state index contributed by atoms with van der Waals surface area (Å²) in [6.45, 7) is 5.87. The number of carbonyl (C=O) groups is 2. The van der Waals surface area contributed by atoms with Crippen LogP contribution in [0.2, 0.25) is 0 Å². The third kappa shape index (κ3) is 2.12. The maximum atomic E-state index is 12.2. The molecule has 1 N–H and O–H groups in total. The van der Waals surface area contributed by atoms with E-state index in [1.807, 2.05) is 0 Å². The molecule has 4 heteroatoms. The minimum Gasteiger partial charge on any atom is -0.331 e. The van der Waals surface area contributed by atoms with Crippen molar-refractivity contribution in [1.29, 1.82) is 0 Å². The van der Waals surface area contributed by atoms with Crippen LogP contribution in [0, 0.1) is 11.8 Å². The molecule has 90 valence electrons. The summed E-state index contributed by atoms with van der Waals surface area (Å²) in [4.78, 5) is 24.9. The van der Waals surface area contributed by atoms with Crippen LogP contribution in [0.25, 0.3) is 0 Å². The fourth-order valence-electron chi connectivity index (χ4n) is 2.77. The fourth-order valence-corrected chi connectivity index (χ4v) is 2.77. The smallest absolute Gasteiger partial charge is 0.240 e. The Kier molecular flexibility index (Phi) is 3.28. The molecule has 2 aliphatic rings. The molecule has 0 spiro atoms. The van der Waals surface area contributed by atoms with Gasteiger partial charge in [0.05, 0.1) is 12.1 Å². The van der Waals surface area contributed by atoms with Gasteiger partial charge >= 0.3 is 0 Å². The first-order valence-electron chi connectivity index (χ1n) is 6.11. The Bertz CT molecular complexity index is 293. The second-order valence-corrected chi connectivity index (χ2v) is 5.34. The number of carbonyl (C=O) groups excluding carboxylic acids is 2. The van der Waals surface area contributed by atoms with Crippen molar-refractivity contribution in [1.82, 2.24) is 10.2 Å². The molecule has 2 heterocycles. The van der Waals surface area contributed by atoms with Gasteiger partial charge in [0.1, 0.15) is 6.29 Å². The van der Waals surface area contributed by atoms with Gasteiger partial charge in [0.15, 0.2) is 0 Å². The molecule has 2 saturated heterocycles. The molecule has 0 radical (unpaired) electrons. The van der Waals surface area contributed by atoms with Crippen molar-refractivity contribution in [2.75, 3.05) is 13.1 Å². The summed E-state index contributed by atoms with van der Waals surface area (Å²) in [5.41, 5.74) is 0. The van der Waals surface area contributed by atoms with Crippen LogP contribution in [0.4, 0.5) is 0 Å². The van der Waals surface area contributed by atoms with Crippen LogP contribution < -0.4 is 5.32 Å². The summed E-state index contributed by atoms with van der Waals surface area (Å²) in [7, 11) is 0. The summed E-state index contributed by atoms with van der Waals surface area (Å²) >= 11 is 0. The van der Waals surface area contributed by atoms with Crippen molar-refractivity contribution in [3.05, 3.63) is 0 Å². The molecule has 2 aliphatic heterocycles. The van der Waals surface area contributed by atoms with Crippen LogP contribution in [-0.4, -0.2) is 42.3 Å². The Labute approximate surface area is 96.4 Å². The molecule has 4 atom stereocenters. The predicted octanol–water partition coefficient (Wildman–Crippen LogP) is 0.420. The average molecular weight is 224 g/mol. The number of hydrogen-bond donors (Lipinski definition) is 1. The molecule has 1 amide bonds. The molecule has 16 heavy (non-hydrogen) atoms. The van der Waals surface area contributed by atoms with Gasteiger partial charge in [-0.15, -0.1) is 0 Å². The second-order valence-electron chi connectivity index (χ2n) is 5.34. The quantitative estimate of drug-likeness (QED) is 0.692. The third-order valence-electron chi connectivity index (χ3n) is 3.64. The van der Waals surface area contributed by atoms with Crippen molar-refractivity contribution in [3.8, 4) is 0 Å². The van der Waals surface area contributed by atoms with Gasteiger partial charge in [0.2, 0.25) is 5.91 Å². The summed E-state index contributed by atoms with van der Waals surface area (Å²) in [5.74, 6) is 1.12. The highest BCUT2D eigenvalue weighted by Crippen LogP contribution is 2.24. The van der Waals surface area contributed by atoms with Gasteiger partial charge in [-0.05, 0) is 31.2 Å². The van der Waals surface area contributed by atoms with E-state index in [1.165, 1.54) is 0 Å². The van der Waals surface area contributed by atoms with Crippen molar-refractivity contribution < 1.29 is 9.59 Å². The lowest BCUT2D eigenvalue weighted by molar-refractivity contribution is -0.136. The van der Waals surface area contributed by atoms with Crippen LogP contribution in [-0.2, 0) is 9.59 Å². The Morgan fingerprint density at radius 3 is 2.62 bits per heavy atom. The highest BCUT2D eigenvalue weighted by atomic mass is 16.2. The van der Waals surface area contributed by atoms with Gasteiger partial charge in [0, 0.05) is 6.54 Å². The second kappa shape index (κ2) is 4.53. The van der Waals surface area contributed by atoms with E-state index in [-0.39, 0.29) is 18.0 Å². The van der Waals surface area contributed by atoms with Crippen LogP contribution in [0.3, 0.4) is 0 Å². The average Bonchev–Trinajstić information content (AvgIpc) is 2.83. The van der Waals surface area contributed by atoms with E-state index in [1.54, 1.807) is 4.90 Å². The molecule has 2 rings (SSSR count). The van der Waals surface area contributed by atoms with Crippen molar-refractivity contribution in [3.63, 3.8) is 0 Å². The molecule has 3 unspecified atom stereocenters. The van der Waals surface area contributed by atoms with Crippen LogP contribution in [0.5, 0.6) is 0 Å². The minimum atomic E-state index is -0.194. The van der Waals surface area contributed by atoms with E-state index < -0.39 is 0 Å². The SMILES string of the molecule is CC1CNC(C(=O)N2CC(C)C[C@H]2C=O)C1. The fraction of sp³-hybridized carbons (Fsp3) is 0.833. The van der Waals surface area contributed by atoms with Crippen LogP contribution in [0.1, 0.15) is 26.7 Å². The highest BCUT2D eigenvalue weighted by molar-refractivity contribution is 5.85. The molecular weight excluding hydrogens is 204 g/mol. The first-order chi connectivity index (χ1) is 7.61. The number of amides is 1. The lowest BCUT2D eigenvalue weighted by Gasteiger charge is -2.24. The summed E-state index contributed by atoms with van der Waals surface area (Å²) in [5, 5.41) is 3.24. The molecule has 0 bridgehead atoms. The Hall–Kier alpha value is -0.900. The zero-order valence-electron chi connectivity index (χ0n) is 9.98. The van der Waals surface area contributed by atoms with Gasteiger partial charge in [-0.1, -0.05) is 13.8 Å². The van der Waals surface area contributed by atoms with E-state index in [4.69, 9.17) is 0 Å². The van der Waals surface area contributed by atoms with Crippen LogP contribution in [0.15, 0.2) is 0 Å². The first-order valence-corrected chi connectivity index (χ1v) is 6.11. The van der Waals surface area contributed by atoms with Gasteiger partial charge in [-0.3, -0.25) is 4.79 Å². The van der Waals surface area contributed by atoms with E-state index >= 15 is 0 Å². The van der Waals surface area contributed by atoms with Crippen molar-refractivity contribution in [2.24, 2.45) is 11.8 Å². The summed E-state index contributed by atoms with van der Waals surface area (Å²) in [6, 6.07) is -0.261. The van der Waals surface area contributed by atoms with Gasteiger partial charge in [-0.2, -0.15) is 0 Å². The lowest BCUT2D eigenvalue weighted by atomic mass is 10.1. The molecule has 0 saturated carbocycles. The third-order valence-corrected chi connectivity index (χ3v) is 3.64. The largest absolute Gasteiger partial charge is 0.331 e. The molecule has 2 fully saturated rings. The highest BCUT2D eigenvalue weighted by Gasteiger charge is 2.37. The Balaban J connectivity index is 2.01. The predicted molar refractivity (Wildman–Crippen MR) is 60.9 cm³/mol. The Morgan fingerprint density at radius 2 is 2.06 bits per heavy atom. The molecule has 4 nitrogen and oxygen atoms in total. The van der Waals surface area contributed by atoms with E-state index in [0.717, 1.165) is 32.2 Å². The first kappa shape index (κ1) is 11.6. The Morgan fingerprint density at radius 1 is 1.31 bits per heavy atom. The number of hydrogen-bond acceptors (Lipinski definition) is 3. The number of likely N-dealkylation sites (tertiary alicyclic amines) is 1. The van der Waals surface area contributed by atoms with Crippen molar-refractivity contribution >= 4 is 12.2 Å². The monoisotopic (exact) mass is 224 g/mol. The zero-order chi connectivity index (χ0) is 11.7. The number of nitrogens with one attached hydrogen (secondary N) is 1. The number of nitrogens with zero attached hydrogens (tertiary/aromatic N) is 1. The maximum absolute atomic E-state index is 12.2. The van der Waals surface area contributed by atoms with E-state index in [9.17, 15) is 9.59 Å². The van der Waals surface area contributed by atoms with E-state index in [0.29, 0.717) is 11.8 Å². The van der Waals surface area contributed by atoms with Gasteiger partial charge in [0.25, 0.3) is 0 Å². The van der Waals surface area contributed by atoms with Crippen molar-refractivity contribution in [2.45, 2.75) is 38.8 Å². The molecule has 0 aromatic carbocycles. The maximum Gasteiger partial charge on any atom is 0.240 e. The van der Waals surface area contributed by atoms with Gasteiger partial charge in [-0.25, -0.2) is 0 Å². The lowest BCUT2D eigenvalue weighted by Crippen LogP contribution is -2.46. The topological polar surface area (TPSA) is 49.4 Å². The number of aldehydes is 1. The molecule has 0 aromatic heterocycles. The molecule has 0 aliphatic carbocycles. The normalized spacial score (nSPS) is 39.0. The molecule has 0 aromatic rings. The zero-order valence-corrected chi connectivity index (χ0v) is 9.98. The standard InChI is InChI=1S/C12H20N2O2/c1-8-4-11(13-5-8)12(16)14-6-9(2)3-10(14)7-15/h7-11,13H,3-6H2,1-2H3/t8?,9?,10-,11?/m0/s1. The number of rotatable bonds is 2. The summed E-state index contributed by atoms with van der Waals surface area (Å²) < 4.78 is 0. The van der Waals surface area contributed by atoms with Gasteiger partial charge < -0.3 is 15.0 Å². The van der Waals surface area contributed by atoms with E-state index in [2.05, 4.69) is 19.2 Å². The minimum absolute atomic E-state index is 0.0669.